The van der Waals surface area contributed by atoms with Crippen LogP contribution in [0.1, 0.15) is 18.2 Å². The van der Waals surface area contributed by atoms with Crippen LogP contribution in [-0.2, 0) is 25.0 Å². The minimum atomic E-state index is -1.26. The van der Waals surface area contributed by atoms with Crippen molar-refractivity contribution in [3.8, 4) is 0 Å². The smallest absolute Gasteiger partial charge is 0.353 e. The van der Waals surface area contributed by atoms with E-state index in [1.54, 1.807) is 30.2 Å². The second-order valence-electron chi connectivity index (χ2n) is 8.65. The molecule has 1 fully saturated rings. The third kappa shape index (κ3) is 7.26. The molecule has 12 nitrogen and oxygen atoms in total. The Morgan fingerprint density at radius 1 is 1.46 bits per heavy atom. The molecule has 1 unspecified atom stereocenters. The van der Waals surface area contributed by atoms with Crippen molar-refractivity contribution in [2.45, 2.75) is 35.0 Å². The fourth-order valence-corrected chi connectivity index (χ4v) is 8.31. The van der Waals surface area contributed by atoms with Gasteiger partial charge in [-0.25, -0.2) is 14.2 Å². The number of hydrogen-bond donors (Lipinski definition) is 4. The van der Waals surface area contributed by atoms with Crippen molar-refractivity contribution in [3.63, 3.8) is 0 Å². The van der Waals surface area contributed by atoms with E-state index >= 15 is 0 Å². The molecule has 1 saturated heterocycles. The monoisotopic (exact) mass is 661 g/mol. The predicted molar refractivity (Wildman–Crippen MR) is 160 cm³/mol. The van der Waals surface area contributed by atoms with Gasteiger partial charge in [0.25, 0.3) is 11.8 Å². The Morgan fingerprint density at radius 3 is 2.90 bits per heavy atom. The number of β-lactam (4-membered cyclic amide) rings is 1. The van der Waals surface area contributed by atoms with Gasteiger partial charge in [0.1, 0.15) is 40.4 Å². The maximum Gasteiger partial charge on any atom is 0.353 e. The number of nitrogens with zero attached hydrogens (tertiary/aromatic N) is 4. The summed E-state index contributed by atoms with van der Waals surface area (Å²) in [5.74, 6) is -1.04. The van der Waals surface area contributed by atoms with E-state index in [-0.39, 0.29) is 38.4 Å². The number of carbonyl (C=O) groups excluding carboxylic acids is 2. The van der Waals surface area contributed by atoms with Gasteiger partial charge in [0.15, 0.2) is 10.8 Å². The summed E-state index contributed by atoms with van der Waals surface area (Å²) in [6.45, 7) is 0.654. The number of aliphatic carboxylic acids is 1. The summed E-state index contributed by atoms with van der Waals surface area (Å²) in [6, 6.07) is 0.785. The van der Waals surface area contributed by atoms with Crippen LogP contribution in [0.5, 0.6) is 0 Å². The van der Waals surface area contributed by atoms with Crippen LogP contribution in [-0.4, -0.2) is 85.7 Å². The molecule has 0 radical (unpaired) electrons. The molecule has 41 heavy (non-hydrogen) atoms. The van der Waals surface area contributed by atoms with Gasteiger partial charge in [-0.05, 0) is 18.6 Å². The molecule has 2 amide bonds. The Balaban J connectivity index is 1.52. The van der Waals surface area contributed by atoms with Gasteiger partial charge in [0, 0.05) is 45.5 Å². The Bertz CT molecular complexity index is 1390. The normalized spacial score (nSPS) is 19.5. The number of carboxylic acid groups (broad SMARTS) is 1. The number of pyridine rings is 1. The number of amides is 2. The van der Waals surface area contributed by atoms with E-state index in [9.17, 15) is 23.9 Å². The molecule has 0 aliphatic carbocycles. The first-order valence-corrected chi connectivity index (χ1v) is 16.2. The Kier molecular flexibility index (Phi) is 10.8. The average molecular weight is 662 g/mol. The molecule has 0 spiro atoms. The van der Waals surface area contributed by atoms with Gasteiger partial charge in [-0.2, -0.15) is 11.8 Å². The number of nitrogen functional groups attached to an aromatic ring is 1. The number of hydrogen-bond acceptors (Lipinski definition) is 13. The van der Waals surface area contributed by atoms with Gasteiger partial charge in [-0.1, -0.05) is 39.9 Å². The van der Waals surface area contributed by atoms with E-state index in [2.05, 4.69) is 20.4 Å². The van der Waals surface area contributed by atoms with Gasteiger partial charge < -0.3 is 26.7 Å². The number of rotatable bonds is 13. The van der Waals surface area contributed by atoms with E-state index < -0.39 is 42.5 Å². The van der Waals surface area contributed by atoms with Gasteiger partial charge in [-0.15, -0.1) is 11.8 Å². The Hall–Kier alpha value is -2.57. The first-order chi connectivity index (χ1) is 19.6. The zero-order chi connectivity index (χ0) is 29.7. The minimum absolute atomic E-state index is 0.0354. The van der Waals surface area contributed by atoms with E-state index in [1.807, 2.05) is 6.92 Å². The standard InChI is InChI=1S/C23H25ClFN7O5S4/c1-10(26)7-38-8-11-6-28-4-2-12(11)40-13-9-39-21-16(20(34)32(21)17(13)22(35)36)29-19(33)15(31-37-5-3-25)14-18(24)41-23(27)30-14/h2,4,6,10,16,21H,3,5,7-9,26H2,1H3,(H2,27,30)(H,29,33)(H,35,36)/t10?,16-,21+/m1/s1. The molecule has 2 aromatic rings. The molecule has 2 aromatic heterocycles. The lowest BCUT2D eigenvalue weighted by molar-refractivity contribution is -0.150. The molecule has 220 valence electrons. The number of thiazole rings is 1. The number of carbonyl (C=O) groups is 3. The lowest BCUT2D eigenvalue weighted by Crippen LogP contribution is -2.71. The summed E-state index contributed by atoms with van der Waals surface area (Å²) in [4.78, 5) is 54.2. The fraction of sp³-hybridized carbons (Fsp3) is 0.391. The molecule has 2 aliphatic heterocycles. The van der Waals surface area contributed by atoms with Crippen molar-refractivity contribution in [2.75, 3.05) is 30.5 Å². The highest BCUT2D eigenvalue weighted by atomic mass is 35.5. The average Bonchev–Trinajstić information content (AvgIpc) is 3.26. The molecule has 3 atom stereocenters. The second-order valence-corrected chi connectivity index (χ2v) is 13.6. The summed E-state index contributed by atoms with van der Waals surface area (Å²) >= 11 is 11.3. The van der Waals surface area contributed by atoms with Crippen LogP contribution in [0, 0.1) is 0 Å². The number of carboxylic acids is 1. The molecule has 0 saturated carbocycles. The van der Waals surface area contributed by atoms with E-state index in [0.717, 1.165) is 27.5 Å². The highest BCUT2D eigenvalue weighted by Gasteiger charge is 2.54. The van der Waals surface area contributed by atoms with E-state index in [1.165, 1.54) is 28.4 Å². The zero-order valence-electron chi connectivity index (χ0n) is 21.4. The van der Waals surface area contributed by atoms with Crippen LogP contribution in [0.25, 0.3) is 0 Å². The Labute approximate surface area is 255 Å². The van der Waals surface area contributed by atoms with Crippen LogP contribution < -0.4 is 16.8 Å². The highest BCUT2D eigenvalue weighted by molar-refractivity contribution is 8.06. The number of nitrogens with two attached hydrogens (primary N) is 2. The SMILES string of the molecule is CC(N)CSCc1cnccc1SC1=C(C(=O)O)N2C(=O)[C@@H](NC(=O)C(=NOCCF)c3nc(N)sc3Cl)[C@@H]2SC1. The van der Waals surface area contributed by atoms with Gasteiger partial charge in [-0.3, -0.25) is 19.5 Å². The van der Waals surface area contributed by atoms with Crippen LogP contribution in [0.15, 0.2) is 39.1 Å². The summed E-state index contributed by atoms with van der Waals surface area (Å²) < 4.78 is 12.6. The quantitative estimate of drug-likeness (QED) is 0.107. The molecule has 2 aliphatic rings. The molecule has 4 heterocycles. The predicted octanol–water partition coefficient (Wildman–Crippen LogP) is 2.53. The lowest BCUT2D eigenvalue weighted by Gasteiger charge is -2.49. The number of nitrogens with one attached hydrogen (secondary N) is 1. The van der Waals surface area contributed by atoms with Crippen molar-refractivity contribution in [1.82, 2.24) is 20.2 Å². The third-order valence-electron chi connectivity index (χ3n) is 5.52. The zero-order valence-corrected chi connectivity index (χ0v) is 25.4. The molecule has 0 aromatic carbocycles. The van der Waals surface area contributed by atoms with Crippen LogP contribution in [0.2, 0.25) is 4.34 Å². The van der Waals surface area contributed by atoms with Crippen molar-refractivity contribution < 1.29 is 28.7 Å². The number of aromatic nitrogens is 2. The summed E-state index contributed by atoms with van der Waals surface area (Å²) in [6.07, 6.45) is 3.36. The molecular weight excluding hydrogens is 637 g/mol. The lowest BCUT2D eigenvalue weighted by atomic mass is 10.0. The summed E-state index contributed by atoms with van der Waals surface area (Å²) in [5, 5.41) is 15.7. The highest BCUT2D eigenvalue weighted by Crippen LogP contribution is 2.46. The maximum atomic E-state index is 13.2. The first kappa shape index (κ1) is 31.4. The first-order valence-electron chi connectivity index (χ1n) is 12.0. The minimum Gasteiger partial charge on any atom is -0.477 e. The molecule has 4 rings (SSSR count). The number of anilines is 1. The van der Waals surface area contributed by atoms with E-state index in [4.69, 9.17) is 27.9 Å². The summed E-state index contributed by atoms with van der Waals surface area (Å²) in [5.41, 5.74) is 11.8. The van der Waals surface area contributed by atoms with Crippen molar-refractivity contribution in [3.05, 3.63) is 44.7 Å². The largest absolute Gasteiger partial charge is 0.477 e. The molecule has 18 heteroatoms. The molecule has 6 N–H and O–H groups in total. The summed E-state index contributed by atoms with van der Waals surface area (Å²) in [7, 11) is 0. The van der Waals surface area contributed by atoms with Crippen molar-refractivity contribution in [1.29, 1.82) is 0 Å². The number of thioether (sulfide) groups is 3. The third-order valence-corrected chi connectivity index (χ3v) is 10.5. The van der Waals surface area contributed by atoms with E-state index in [0.29, 0.717) is 10.7 Å². The Morgan fingerprint density at radius 2 is 2.24 bits per heavy atom. The van der Waals surface area contributed by atoms with Crippen LogP contribution >= 0.6 is 58.2 Å². The number of halogens is 2. The number of fused-ring (bicyclic) bond motifs is 1. The number of alkyl halides is 1. The van der Waals surface area contributed by atoms with Crippen molar-refractivity contribution in [2.24, 2.45) is 10.9 Å². The second kappa shape index (κ2) is 14.1. The van der Waals surface area contributed by atoms with Gasteiger partial charge in [0.05, 0.1) is 0 Å². The maximum absolute atomic E-state index is 13.2. The van der Waals surface area contributed by atoms with Crippen molar-refractivity contribution >= 4 is 86.9 Å². The van der Waals surface area contributed by atoms with Crippen LogP contribution in [0.3, 0.4) is 0 Å². The van der Waals surface area contributed by atoms with Gasteiger partial charge in [0.2, 0.25) is 0 Å². The van der Waals surface area contributed by atoms with Crippen LogP contribution in [0.4, 0.5) is 9.52 Å². The number of oxime groups is 1. The fourth-order valence-electron chi connectivity index (χ4n) is 3.79. The molecular formula is C23H25ClFN7O5S4. The topological polar surface area (TPSA) is 186 Å². The molecule has 0 bridgehead atoms. The van der Waals surface area contributed by atoms with Gasteiger partial charge >= 0.3 is 5.97 Å².